The zero-order valence-corrected chi connectivity index (χ0v) is 31.9. The van der Waals surface area contributed by atoms with Gasteiger partial charge in [0, 0.05) is 102 Å². The third kappa shape index (κ3) is 6.86. The van der Waals surface area contributed by atoms with Crippen molar-refractivity contribution in [2.45, 2.75) is 63.2 Å². The minimum atomic E-state index is -0.600. The molecule has 6 aliphatic rings. The average Bonchev–Trinajstić information content (AvgIpc) is 3.55. The number of piperidine rings is 3. The topological polar surface area (TPSA) is 158 Å². The Labute approximate surface area is 326 Å². The monoisotopic (exact) mass is 762 g/mol. The summed E-state index contributed by atoms with van der Waals surface area (Å²) in [6.45, 7) is 8.02. The molecule has 294 valence electrons. The summed E-state index contributed by atoms with van der Waals surface area (Å²) in [6.07, 6.45) is 4.76. The summed E-state index contributed by atoms with van der Waals surface area (Å²) >= 11 is 0. The number of phenolic OH excluding ortho intramolecular Hbond substituents is 1. The molecule has 2 atom stereocenters. The second kappa shape index (κ2) is 14.9. The van der Waals surface area contributed by atoms with Crippen LogP contribution in [-0.2, 0) is 16.1 Å². The average molecular weight is 763 g/mol. The molecule has 9 rings (SSSR count). The number of rotatable bonds is 6. The first-order valence-corrected chi connectivity index (χ1v) is 20.1. The Morgan fingerprint density at radius 1 is 0.893 bits per heavy atom. The number of aromatic hydroxyl groups is 1. The molecule has 2 unspecified atom stereocenters. The third-order valence-electron chi connectivity index (χ3n) is 12.9. The van der Waals surface area contributed by atoms with E-state index < -0.39 is 6.04 Å². The smallest absolute Gasteiger partial charge is 0.320 e. The molecular weight excluding hydrogens is 713 g/mol. The number of aromatic nitrogens is 2. The number of phenols is 1. The summed E-state index contributed by atoms with van der Waals surface area (Å²) < 4.78 is 0. The Balaban J connectivity index is 0.731. The molecule has 0 radical (unpaired) electrons. The largest absolute Gasteiger partial charge is 0.507 e. The highest BCUT2D eigenvalue weighted by molar-refractivity contribution is 6.05. The Hall–Kier alpha value is -5.44. The van der Waals surface area contributed by atoms with Crippen LogP contribution in [0, 0.1) is 5.92 Å². The van der Waals surface area contributed by atoms with Gasteiger partial charge in [-0.2, -0.15) is 0 Å². The highest BCUT2D eigenvalue weighted by atomic mass is 16.3. The number of urea groups is 1. The van der Waals surface area contributed by atoms with Crippen LogP contribution in [0.2, 0.25) is 0 Å². The van der Waals surface area contributed by atoms with Crippen LogP contribution >= 0.6 is 0 Å². The SMILES string of the molecule is CN(C(=O)N1CCN2c3cc(-c4ccccc4O)nnc3NCC2C1)C1CCN(CC2CCN(c3ccc4c(c3)CN(C3CCC(=O)NC3=O)C4=O)CC2)CC1. The lowest BCUT2D eigenvalue weighted by atomic mass is 9.94. The summed E-state index contributed by atoms with van der Waals surface area (Å²) in [5.74, 6) is 0.723. The minimum Gasteiger partial charge on any atom is -0.507 e. The molecule has 7 heterocycles. The van der Waals surface area contributed by atoms with E-state index in [9.17, 15) is 24.3 Å². The fourth-order valence-corrected chi connectivity index (χ4v) is 9.65. The predicted molar refractivity (Wildman–Crippen MR) is 210 cm³/mol. The molecule has 4 saturated heterocycles. The number of benzene rings is 2. The second-order valence-electron chi connectivity index (χ2n) is 16.3. The molecule has 5 amide bonds. The molecule has 2 aromatic carbocycles. The van der Waals surface area contributed by atoms with E-state index in [0.29, 0.717) is 61.9 Å². The molecular formula is C41H50N10O5. The molecule has 0 aliphatic carbocycles. The van der Waals surface area contributed by atoms with Crippen LogP contribution < -0.4 is 20.4 Å². The van der Waals surface area contributed by atoms with Crippen molar-refractivity contribution >= 4 is 40.9 Å². The number of fused-ring (bicyclic) bond motifs is 4. The van der Waals surface area contributed by atoms with Gasteiger partial charge in [0.25, 0.3) is 5.91 Å². The predicted octanol–water partition coefficient (Wildman–Crippen LogP) is 2.96. The minimum absolute atomic E-state index is 0.101. The Morgan fingerprint density at radius 3 is 2.48 bits per heavy atom. The van der Waals surface area contributed by atoms with E-state index in [1.54, 1.807) is 17.0 Å². The highest BCUT2D eigenvalue weighted by Crippen LogP contribution is 2.37. The molecule has 6 aliphatic heterocycles. The molecule has 0 saturated carbocycles. The Morgan fingerprint density at radius 2 is 1.70 bits per heavy atom. The fraction of sp³-hybridized carbons (Fsp3) is 0.512. The lowest BCUT2D eigenvalue weighted by Crippen LogP contribution is -2.61. The van der Waals surface area contributed by atoms with Crippen LogP contribution in [0.4, 0.5) is 22.0 Å². The van der Waals surface area contributed by atoms with E-state index in [2.05, 4.69) is 41.6 Å². The molecule has 0 spiro atoms. The van der Waals surface area contributed by atoms with Gasteiger partial charge < -0.3 is 39.8 Å². The summed E-state index contributed by atoms with van der Waals surface area (Å²) in [5, 5.41) is 25.0. The molecule has 15 heteroatoms. The van der Waals surface area contributed by atoms with Crippen molar-refractivity contribution in [2.75, 3.05) is 81.1 Å². The van der Waals surface area contributed by atoms with E-state index in [4.69, 9.17) is 0 Å². The van der Waals surface area contributed by atoms with Crippen molar-refractivity contribution in [3.8, 4) is 17.0 Å². The number of hydrogen-bond acceptors (Lipinski definition) is 11. The molecule has 15 nitrogen and oxygen atoms in total. The second-order valence-corrected chi connectivity index (χ2v) is 16.3. The molecule has 3 aromatic rings. The van der Waals surface area contributed by atoms with Crippen molar-refractivity contribution in [2.24, 2.45) is 5.92 Å². The van der Waals surface area contributed by atoms with E-state index >= 15 is 0 Å². The maximum absolute atomic E-state index is 13.8. The Kier molecular flexibility index (Phi) is 9.64. The van der Waals surface area contributed by atoms with Crippen LogP contribution in [0.25, 0.3) is 11.3 Å². The summed E-state index contributed by atoms with van der Waals surface area (Å²) in [6, 6.07) is 15.0. The number of likely N-dealkylation sites (tertiary alicyclic amines) is 1. The molecule has 3 N–H and O–H groups in total. The first kappa shape index (κ1) is 36.2. The number of anilines is 3. The molecule has 4 fully saturated rings. The number of para-hydroxylation sites is 1. The van der Waals surface area contributed by atoms with Gasteiger partial charge in [-0.25, -0.2) is 4.79 Å². The normalized spacial score (nSPS) is 23.3. The van der Waals surface area contributed by atoms with Crippen molar-refractivity contribution in [1.82, 2.24) is 35.1 Å². The number of carbonyl (C=O) groups excluding carboxylic acids is 4. The fourth-order valence-electron chi connectivity index (χ4n) is 9.65. The van der Waals surface area contributed by atoms with E-state index in [1.807, 2.05) is 47.2 Å². The van der Waals surface area contributed by atoms with Crippen LogP contribution in [0.5, 0.6) is 5.75 Å². The first-order valence-electron chi connectivity index (χ1n) is 20.1. The van der Waals surface area contributed by atoms with Gasteiger partial charge in [0.05, 0.1) is 17.4 Å². The zero-order chi connectivity index (χ0) is 38.5. The van der Waals surface area contributed by atoms with Crippen LogP contribution in [-0.4, -0.2) is 143 Å². The number of imide groups is 1. The van der Waals surface area contributed by atoms with Gasteiger partial charge in [0.1, 0.15) is 11.8 Å². The number of hydrogen-bond donors (Lipinski definition) is 3. The lowest BCUT2D eigenvalue weighted by molar-refractivity contribution is -0.136. The van der Waals surface area contributed by atoms with Crippen LogP contribution in [0.1, 0.15) is 54.4 Å². The van der Waals surface area contributed by atoms with Gasteiger partial charge in [-0.15, -0.1) is 10.2 Å². The van der Waals surface area contributed by atoms with Gasteiger partial charge in [0.15, 0.2) is 5.82 Å². The quantitative estimate of drug-likeness (QED) is 0.318. The van der Waals surface area contributed by atoms with Crippen LogP contribution in [0.3, 0.4) is 0 Å². The van der Waals surface area contributed by atoms with Gasteiger partial charge in [0.2, 0.25) is 11.8 Å². The Bertz CT molecular complexity index is 2030. The summed E-state index contributed by atoms with van der Waals surface area (Å²) in [5.41, 5.74) is 4.93. The van der Waals surface area contributed by atoms with E-state index in [0.717, 1.165) is 81.2 Å². The zero-order valence-electron chi connectivity index (χ0n) is 31.9. The van der Waals surface area contributed by atoms with E-state index in [-0.39, 0.29) is 48.0 Å². The maximum atomic E-state index is 13.8. The number of nitrogens with zero attached hydrogens (tertiary/aromatic N) is 8. The molecule has 0 bridgehead atoms. The standard InChI is InChI=1S/C41H50N10O5/c1-46(41(56)49-18-19-50-30(25-49)22-42-38-35(50)21-33(44-45-38)32-4-2-3-5-36(32)52)28-12-14-47(15-13-28)23-26-10-16-48(17-11-26)29-6-7-31-27(20-29)24-51(40(31)55)34-8-9-37(53)43-39(34)54/h2-7,20-21,26,28,30,34,52H,8-19,22-25H2,1H3,(H,42,45)(H,43,53,54). The van der Waals surface area contributed by atoms with Crippen molar-refractivity contribution < 1.29 is 24.3 Å². The van der Waals surface area contributed by atoms with Gasteiger partial charge >= 0.3 is 6.03 Å². The van der Waals surface area contributed by atoms with Crippen molar-refractivity contribution in [1.29, 1.82) is 0 Å². The van der Waals surface area contributed by atoms with Gasteiger partial charge in [-0.1, -0.05) is 12.1 Å². The van der Waals surface area contributed by atoms with Gasteiger partial charge in [-0.3, -0.25) is 19.7 Å². The number of nitrogens with one attached hydrogen (secondary N) is 2. The summed E-state index contributed by atoms with van der Waals surface area (Å²) in [4.78, 5) is 64.0. The first-order chi connectivity index (χ1) is 27.2. The number of amides is 5. The number of piperazine rings is 1. The lowest BCUT2D eigenvalue weighted by Gasteiger charge is -2.47. The van der Waals surface area contributed by atoms with Crippen LogP contribution in [0.15, 0.2) is 48.5 Å². The van der Waals surface area contributed by atoms with Crippen molar-refractivity contribution in [3.63, 3.8) is 0 Å². The van der Waals surface area contributed by atoms with Gasteiger partial charge in [-0.05, 0) is 80.0 Å². The summed E-state index contributed by atoms with van der Waals surface area (Å²) in [7, 11) is 1.97. The van der Waals surface area contributed by atoms with Crippen molar-refractivity contribution in [3.05, 3.63) is 59.7 Å². The maximum Gasteiger partial charge on any atom is 0.320 e. The number of carbonyl (C=O) groups is 4. The van der Waals surface area contributed by atoms with E-state index in [1.165, 1.54) is 0 Å². The highest BCUT2D eigenvalue weighted by Gasteiger charge is 2.40. The third-order valence-corrected chi connectivity index (χ3v) is 12.9. The molecule has 1 aromatic heterocycles. The molecule has 56 heavy (non-hydrogen) atoms.